The number of nitrogens with one attached hydrogen (secondary N) is 1. The number of rotatable bonds is 4. The summed E-state index contributed by atoms with van der Waals surface area (Å²) in [6.45, 7) is 9.96. The second-order valence-corrected chi connectivity index (χ2v) is 8.65. The first-order valence-corrected chi connectivity index (χ1v) is 8.96. The Bertz CT molecular complexity index is 506. The van der Waals surface area contributed by atoms with Gasteiger partial charge in [0.25, 0.3) is 0 Å². The van der Waals surface area contributed by atoms with Crippen molar-refractivity contribution in [2.24, 2.45) is 5.92 Å². The molecule has 1 aliphatic heterocycles. The third-order valence-electron chi connectivity index (χ3n) is 4.84. The van der Waals surface area contributed by atoms with Crippen molar-refractivity contribution in [2.75, 3.05) is 6.54 Å². The Morgan fingerprint density at radius 3 is 2.67 bits per heavy atom. The molecule has 3 heteroatoms. The van der Waals surface area contributed by atoms with Crippen LogP contribution in [0.3, 0.4) is 0 Å². The topological polar surface area (TPSA) is 15.3 Å². The van der Waals surface area contributed by atoms with Gasteiger partial charge in [0.05, 0.1) is 0 Å². The highest BCUT2D eigenvalue weighted by molar-refractivity contribution is 9.10. The van der Waals surface area contributed by atoms with E-state index in [0.717, 1.165) is 25.0 Å². The van der Waals surface area contributed by atoms with Gasteiger partial charge in [0, 0.05) is 35.7 Å². The van der Waals surface area contributed by atoms with Gasteiger partial charge in [-0.15, -0.1) is 0 Å². The molecule has 3 rings (SSSR count). The minimum Gasteiger partial charge on any atom is -0.308 e. The summed E-state index contributed by atoms with van der Waals surface area (Å²) >= 11 is 3.77. The van der Waals surface area contributed by atoms with Crippen LogP contribution in [0.2, 0.25) is 0 Å². The van der Waals surface area contributed by atoms with Gasteiger partial charge in [0.1, 0.15) is 0 Å². The normalized spacial score (nSPS) is 25.7. The largest absolute Gasteiger partial charge is 0.308 e. The summed E-state index contributed by atoms with van der Waals surface area (Å²) in [5, 5.41) is 3.55. The molecule has 1 saturated carbocycles. The van der Waals surface area contributed by atoms with E-state index in [1.165, 1.54) is 41.4 Å². The first-order chi connectivity index (χ1) is 9.90. The summed E-state index contributed by atoms with van der Waals surface area (Å²) in [5.74, 6) is 0.976. The van der Waals surface area contributed by atoms with Gasteiger partial charge in [0.2, 0.25) is 0 Å². The average molecular weight is 351 g/mol. The summed E-state index contributed by atoms with van der Waals surface area (Å²) in [4.78, 5) is 2.68. The maximum atomic E-state index is 3.77. The third-order valence-corrected chi connectivity index (χ3v) is 5.57. The van der Waals surface area contributed by atoms with Crippen LogP contribution in [0.5, 0.6) is 0 Å². The van der Waals surface area contributed by atoms with Crippen LogP contribution in [0, 0.1) is 5.92 Å². The zero-order valence-electron chi connectivity index (χ0n) is 13.5. The van der Waals surface area contributed by atoms with Crippen molar-refractivity contribution in [3.05, 3.63) is 33.8 Å². The molecule has 2 atom stereocenters. The van der Waals surface area contributed by atoms with E-state index in [1.54, 1.807) is 0 Å². The number of nitrogens with zero attached hydrogens (tertiary/aromatic N) is 1. The van der Waals surface area contributed by atoms with E-state index >= 15 is 0 Å². The average Bonchev–Trinajstić information content (AvgIpc) is 3.00. The zero-order chi connectivity index (χ0) is 15.0. The van der Waals surface area contributed by atoms with E-state index in [1.807, 2.05) is 0 Å². The smallest absolute Gasteiger partial charge is 0.0247 e. The lowest BCUT2D eigenvalue weighted by molar-refractivity contribution is 0.205. The van der Waals surface area contributed by atoms with E-state index < -0.39 is 0 Å². The molecule has 2 unspecified atom stereocenters. The van der Waals surface area contributed by atoms with Gasteiger partial charge in [-0.3, -0.25) is 4.90 Å². The Labute approximate surface area is 137 Å². The van der Waals surface area contributed by atoms with Gasteiger partial charge in [-0.2, -0.15) is 0 Å². The number of hydrogen-bond acceptors (Lipinski definition) is 2. The fraction of sp³-hybridized carbons (Fsp3) is 0.667. The zero-order valence-corrected chi connectivity index (χ0v) is 15.0. The van der Waals surface area contributed by atoms with Gasteiger partial charge < -0.3 is 5.32 Å². The minimum atomic E-state index is 0.167. The summed E-state index contributed by atoms with van der Waals surface area (Å²) in [7, 11) is 0. The number of hydrogen-bond donors (Lipinski definition) is 1. The molecule has 2 aliphatic rings. The second-order valence-electron chi connectivity index (χ2n) is 7.79. The van der Waals surface area contributed by atoms with Gasteiger partial charge in [-0.25, -0.2) is 0 Å². The standard InChI is InChI=1S/C18H27BrN2/c1-18(2,3)20-10-13-4-6-15(17(19)9-13)12-21-11-14-5-7-16(21)8-14/h4,6,9,14,16,20H,5,7-8,10-12H2,1-3H3. The van der Waals surface area contributed by atoms with Crippen molar-refractivity contribution in [1.29, 1.82) is 0 Å². The molecule has 116 valence electrons. The number of likely N-dealkylation sites (tertiary alicyclic amines) is 1. The van der Waals surface area contributed by atoms with E-state index in [4.69, 9.17) is 0 Å². The van der Waals surface area contributed by atoms with Crippen LogP contribution in [0.25, 0.3) is 0 Å². The minimum absolute atomic E-state index is 0.167. The molecule has 2 fully saturated rings. The summed E-state index contributed by atoms with van der Waals surface area (Å²) < 4.78 is 1.26. The molecule has 1 saturated heterocycles. The Hall–Kier alpha value is -0.380. The van der Waals surface area contributed by atoms with Crippen LogP contribution < -0.4 is 5.32 Å². The first-order valence-electron chi connectivity index (χ1n) is 8.17. The molecule has 0 spiro atoms. The van der Waals surface area contributed by atoms with Crippen LogP contribution in [0.15, 0.2) is 22.7 Å². The predicted molar refractivity (Wildman–Crippen MR) is 92.3 cm³/mol. The van der Waals surface area contributed by atoms with Crippen LogP contribution in [0.1, 0.15) is 51.2 Å². The van der Waals surface area contributed by atoms with Crippen molar-refractivity contribution in [2.45, 2.75) is 64.7 Å². The monoisotopic (exact) mass is 350 g/mol. The molecule has 1 N–H and O–H groups in total. The predicted octanol–water partition coefficient (Wildman–Crippen LogP) is 4.32. The Balaban J connectivity index is 1.62. The molecule has 1 aromatic rings. The lowest BCUT2D eigenvalue weighted by Crippen LogP contribution is -2.35. The summed E-state index contributed by atoms with van der Waals surface area (Å²) in [6.07, 6.45) is 4.31. The molecule has 2 nitrogen and oxygen atoms in total. The Morgan fingerprint density at radius 2 is 2.10 bits per heavy atom. The Kier molecular flexibility index (Phi) is 4.45. The fourth-order valence-corrected chi connectivity index (χ4v) is 4.19. The number of halogens is 1. The number of benzene rings is 1. The molecule has 1 aliphatic carbocycles. The molecule has 2 bridgehead atoms. The second kappa shape index (κ2) is 6.02. The summed E-state index contributed by atoms with van der Waals surface area (Å²) in [6, 6.07) is 7.70. The highest BCUT2D eigenvalue weighted by Crippen LogP contribution is 2.38. The lowest BCUT2D eigenvalue weighted by atomic mass is 10.1. The molecular weight excluding hydrogens is 324 g/mol. The van der Waals surface area contributed by atoms with Crippen molar-refractivity contribution >= 4 is 15.9 Å². The molecule has 0 radical (unpaired) electrons. The highest BCUT2D eigenvalue weighted by Gasteiger charge is 2.37. The molecule has 1 aromatic carbocycles. The maximum Gasteiger partial charge on any atom is 0.0247 e. The van der Waals surface area contributed by atoms with Gasteiger partial charge in [-0.1, -0.05) is 28.1 Å². The quantitative estimate of drug-likeness (QED) is 0.869. The molecule has 1 heterocycles. The number of piperidine rings is 1. The van der Waals surface area contributed by atoms with Gasteiger partial charge in [0.15, 0.2) is 0 Å². The third kappa shape index (κ3) is 3.88. The van der Waals surface area contributed by atoms with Gasteiger partial charge in [-0.05, 0) is 63.1 Å². The van der Waals surface area contributed by atoms with Crippen LogP contribution in [0.4, 0.5) is 0 Å². The van der Waals surface area contributed by atoms with Crippen LogP contribution in [-0.2, 0) is 13.1 Å². The highest BCUT2D eigenvalue weighted by atomic mass is 79.9. The van der Waals surface area contributed by atoms with E-state index in [0.29, 0.717) is 0 Å². The number of fused-ring (bicyclic) bond motifs is 2. The van der Waals surface area contributed by atoms with Crippen molar-refractivity contribution < 1.29 is 0 Å². The van der Waals surface area contributed by atoms with Crippen LogP contribution >= 0.6 is 15.9 Å². The molecule has 0 amide bonds. The van der Waals surface area contributed by atoms with E-state index in [-0.39, 0.29) is 5.54 Å². The molecular formula is C18H27BrN2. The molecule has 0 aromatic heterocycles. The van der Waals surface area contributed by atoms with Crippen molar-refractivity contribution in [3.8, 4) is 0 Å². The van der Waals surface area contributed by atoms with E-state index in [2.05, 4.69) is 65.1 Å². The summed E-state index contributed by atoms with van der Waals surface area (Å²) in [5.41, 5.74) is 2.95. The lowest BCUT2D eigenvalue weighted by Gasteiger charge is -2.27. The van der Waals surface area contributed by atoms with Crippen molar-refractivity contribution in [1.82, 2.24) is 10.2 Å². The van der Waals surface area contributed by atoms with Gasteiger partial charge >= 0.3 is 0 Å². The van der Waals surface area contributed by atoms with Crippen LogP contribution in [-0.4, -0.2) is 23.0 Å². The maximum absolute atomic E-state index is 3.77. The first kappa shape index (κ1) is 15.5. The van der Waals surface area contributed by atoms with E-state index in [9.17, 15) is 0 Å². The molecule has 21 heavy (non-hydrogen) atoms. The SMILES string of the molecule is CC(C)(C)NCc1ccc(CN2CC3CCC2C3)c(Br)c1. The van der Waals surface area contributed by atoms with Crippen molar-refractivity contribution in [3.63, 3.8) is 0 Å². The fourth-order valence-electron chi connectivity index (χ4n) is 3.64. The Morgan fingerprint density at radius 1 is 1.29 bits per heavy atom.